The van der Waals surface area contributed by atoms with Gasteiger partial charge in [0.25, 0.3) is 0 Å². The molecule has 2 heterocycles. The Morgan fingerprint density at radius 2 is 2.50 bits per heavy atom. The van der Waals surface area contributed by atoms with Crippen molar-refractivity contribution in [2.75, 3.05) is 13.1 Å². The van der Waals surface area contributed by atoms with E-state index in [2.05, 4.69) is 16.8 Å². The van der Waals surface area contributed by atoms with Gasteiger partial charge in [0.2, 0.25) is 0 Å². The molecule has 3 nitrogen and oxygen atoms in total. The zero-order valence-corrected chi connectivity index (χ0v) is 11.0. The molecule has 0 amide bonds. The molecule has 0 aromatic carbocycles. The molecule has 0 aliphatic carbocycles. The third-order valence-electron chi connectivity index (χ3n) is 3.04. The van der Waals surface area contributed by atoms with E-state index in [4.69, 9.17) is 11.6 Å². The van der Waals surface area contributed by atoms with Crippen molar-refractivity contribution < 1.29 is 5.11 Å². The second kappa shape index (κ2) is 5.45. The fourth-order valence-corrected chi connectivity index (χ4v) is 3.10. The molecular formula is C11H17ClN2OS. The van der Waals surface area contributed by atoms with Crippen LogP contribution in [0.5, 0.6) is 0 Å². The van der Waals surface area contributed by atoms with E-state index >= 15 is 0 Å². The Hall–Kier alpha value is -0.160. The van der Waals surface area contributed by atoms with E-state index in [-0.39, 0.29) is 6.10 Å². The highest BCUT2D eigenvalue weighted by atomic mass is 35.5. The van der Waals surface area contributed by atoms with Gasteiger partial charge in [-0.1, -0.05) is 6.92 Å². The summed E-state index contributed by atoms with van der Waals surface area (Å²) >= 11 is 7.39. The lowest BCUT2D eigenvalue weighted by Gasteiger charge is -2.33. The van der Waals surface area contributed by atoms with E-state index in [0.29, 0.717) is 11.8 Å². The van der Waals surface area contributed by atoms with Crippen molar-refractivity contribution in [1.82, 2.24) is 9.88 Å². The Morgan fingerprint density at radius 3 is 3.12 bits per heavy atom. The monoisotopic (exact) mass is 260 g/mol. The van der Waals surface area contributed by atoms with Crippen molar-refractivity contribution in [3.05, 3.63) is 16.1 Å². The number of nitrogens with zero attached hydrogens (tertiary/aromatic N) is 2. The number of rotatable bonds is 3. The number of aliphatic hydroxyl groups excluding tert-OH is 1. The minimum absolute atomic E-state index is 0.133. The second-order valence-electron chi connectivity index (χ2n) is 4.43. The van der Waals surface area contributed by atoms with Crippen molar-refractivity contribution in [3.63, 3.8) is 0 Å². The fourth-order valence-electron chi connectivity index (χ4n) is 2.04. The second-order valence-corrected chi connectivity index (χ2v) is 5.64. The zero-order valence-electron chi connectivity index (χ0n) is 9.40. The van der Waals surface area contributed by atoms with Crippen LogP contribution >= 0.6 is 22.9 Å². The molecule has 2 rings (SSSR count). The topological polar surface area (TPSA) is 36.4 Å². The number of hydrogen-bond donors (Lipinski definition) is 1. The third-order valence-corrected chi connectivity index (χ3v) is 4.20. The van der Waals surface area contributed by atoms with Gasteiger partial charge in [0.05, 0.1) is 24.2 Å². The highest BCUT2D eigenvalue weighted by Crippen LogP contribution is 2.20. The number of aromatic nitrogens is 1. The van der Waals surface area contributed by atoms with Crippen molar-refractivity contribution in [2.45, 2.75) is 31.9 Å². The number of thiazole rings is 1. The maximum atomic E-state index is 9.65. The van der Waals surface area contributed by atoms with Gasteiger partial charge in [-0.15, -0.1) is 22.9 Å². The van der Waals surface area contributed by atoms with Crippen LogP contribution in [0, 0.1) is 5.92 Å². The van der Waals surface area contributed by atoms with Crippen molar-refractivity contribution >= 4 is 22.9 Å². The number of likely N-dealkylation sites (tertiary alicyclic amines) is 1. The molecule has 1 N–H and O–H groups in total. The Balaban J connectivity index is 1.90. The molecule has 2 atom stereocenters. The van der Waals surface area contributed by atoms with Crippen LogP contribution in [0.3, 0.4) is 0 Å². The Morgan fingerprint density at radius 1 is 1.69 bits per heavy atom. The van der Waals surface area contributed by atoms with E-state index in [1.807, 2.05) is 5.38 Å². The first kappa shape index (κ1) is 12.3. The number of alkyl halides is 1. The predicted molar refractivity (Wildman–Crippen MR) is 66.7 cm³/mol. The fraction of sp³-hybridized carbons (Fsp3) is 0.727. The molecule has 2 unspecified atom stereocenters. The summed E-state index contributed by atoms with van der Waals surface area (Å²) in [5, 5.41) is 12.8. The highest BCUT2D eigenvalue weighted by Gasteiger charge is 2.24. The molecule has 90 valence electrons. The minimum Gasteiger partial charge on any atom is -0.393 e. The van der Waals surface area contributed by atoms with Gasteiger partial charge in [-0.2, -0.15) is 0 Å². The van der Waals surface area contributed by atoms with Crippen LogP contribution in [-0.4, -0.2) is 34.2 Å². The SMILES string of the molecule is CC1CN(Cc2nc(CCl)cs2)CCC1O. The highest BCUT2D eigenvalue weighted by molar-refractivity contribution is 7.09. The molecule has 0 bridgehead atoms. The van der Waals surface area contributed by atoms with E-state index in [1.54, 1.807) is 11.3 Å². The van der Waals surface area contributed by atoms with Gasteiger partial charge >= 0.3 is 0 Å². The summed E-state index contributed by atoms with van der Waals surface area (Å²) in [6.45, 7) is 4.90. The smallest absolute Gasteiger partial charge is 0.107 e. The van der Waals surface area contributed by atoms with E-state index in [9.17, 15) is 5.11 Å². The summed E-state index contributed by atoms with van der Waals surface area (Å²) < 4.78 is 0. The summed E-state index contributed by atoms with van der Waals surface area (Å²) in [7, 11) is 0. The van der Waals surface area contributed by atoms with Crippen LogP contribution in [0.2, 0.25) is 0 Å². The van der Waals surface area contributed by atoms with Gasteiger partial charge in [0, 0.05) is 18.5 Å². The molecule has 1 aliphatic heterocycles. The Labute approximate surface area is 105 Å². The maximum absolute atomic E-state index is 9.65. The molecule has 1 aromatic rings. The Bertz CT molecular complexity index is 344. The normalized spacial score (nSPS) is 27.2. The van der Waals surface area contributed by atoms with E-state index in [0.717, 1.165) is 36.8 Å². The minimum atomic E-state index is -0.133. The molecule has 1 saturated heterocycles. The van der Waals surface area contributed by atoms with Crippen LogP contribution in [0.4, 0.5) is 0 Å². The predicted octanol–water partition coefficient (Wildman–Crippen LogP) is 2.08. The van der Waals surface area contributed by atoms with Gasteiger partial charge in [-0.25, -0.2) is 4.98 Å². The lowest BCUT2D eigenvalue weighted by molar-refractivity contribution is 0.0320. The van der Waals surface area contributed by atoms with Gasteiger partial charge < -0.3 is 5.11 Å². The van der Waals surface area contributed by atoms with Gasteiger partial charge in [-0.3, -0.25) is 4.90 Å². The van der Waals surface area contributed by atoms with Crippen molar-refractivity contribution in [1.29, 1.82) is 0 Å². The van der Waals surface area contributed by atoms with Crippen molar-refractivity contribution in [3.8, 4) is 0 Å². The summed E-state index contributed by atoms with van der Waals surface area (Å²) in [5.74, 6) is 0.854. The first-order valence-electron chi connectivity index (χ1n) is 5.58. The van der Waals surface area contributed by atoms with Crippen molar-refractivity contribution in [2.24, 2.45) is 5.92 Å². The molecule has 0 spiro atoms. The summed E-state index contributed by atoms with van der Waals surface area (Å²) in [4.78, 5) is 6.80. The van der Waals surface area contributed by atoms with Gasteiger partial charge in [0.15, 0.2) is 0 Å². The number of piperidine rings is 1. The summed E-state index contributed by atoms with van der Waals surface area (Å²) in [6, 6.07) is 0. The molecule has 1 aromatic heterocycles. The number of halogens is 1. The zero-order chi connectivity index (χ0) is 11.5. The molecule has 0 radical (unpaired) electrons. The summed E-state index contributed by atoms with van der Waals surface area (Å²) in [5.41, 5.74) is 0.965. The molecule has 5 heteroatoms. The van der Waals surface area contributed by atoms with Crippen LogP contribution in [-0.2, 0) is 12.4 Å². The molecule has 16 heavy (non-hydrogen) atoms. The molecule has 0 saturated carbocycles. The van der Waals surface area contributed by atoms with E-state index < -0.39 is 0 Å². The van der Waals surface area contributed by atoms with Gasteiger partial charge in [-0.05, 0) is 12.3 Å². The van der Waals surface area contributed by atoms with Crippen LogP contribution in [0.15, 0.2) is 5.38 Å². The number of hydrogen-bond acceptors (Lipinski definition) is 4. The quantitative estimate of drug-likeness (QED) is 0.846. The average molecular weight is 261 g/mol. The first-order valence-corrected chi connectivity index (χ1v) is 7.00. The van der Waals surface area contributed by atoms with Crippen LogP contribution < -0.4 is 0 Å². The van der Waals surface area contributed by atoms with Gasteiger partial charge in [0.1, 0.15) is 5.01 Å². The standard InChI is InChI=1S/C11H17ClN2OS/c1-8-5-14(3-2-10(8)15)6-11-13-9(4-12)7-16-11/h7-8,10,15H,2-6H2,1H3. The lowest BCUT2D eigenvalue weighted by atomic mass is 9.97. The summed E-state index contributed by atoms with van der Waals surface area (Å²) in [6.07, 6.45) is 0.737. The maximum Gasteiger partial charge on any atom is 0.107 e. The largest absolute Gasteiger partial charge is 0.393 e. The number of aliphatic hydroxyl groups is 1. The van der Waals surface area contributed by atoms with E-state index in [1.165, 1.54) is 0 Å². The van der Waals surface area contributed by atoms with Crippen LogP contribution in [0.25, 0.3) is 0 Å². The molecular weight excluding hydrogens is 244 g/mol. The molecule has 1 fully saturated rings. The molecule has 1 aliphatic rings. The average Bonchev–Trinajstić information content (AvgIpc) is 2.71. The lowest BCUT2D eigenvalue weighted by Crippen LogP contribution is -2.41. The first-order chi connectivity index (χ1) is 7.69. The van der Waals surface area contributed by atoms with Crippen LogP contribution in [0.1, 0.15) is 24.0 Å². The Kier molecular flexibility index (Phi) is 4.19. The third kappa shape index (κ3) is 2.94.